The van der Waals surface area contributed by atoms with Crippen molar-refractivity contribution in [2.45, 2.75) is 13.3 Å². The molecule has 3 rings (SSSR count). The van der Waals surface area contributed by atoms with E-state index in [2.05, 4.69) is 15.0 Å². The summed E-state index contributed by atoms with van der Waals surface area (Å²) >= 11 is 7.75. The second kappa shape index (κ2) is 7.73. The Morgan fingerprint density at radius 3 is 2.69 bits per heavy atom. The van der Waals surface area contributed by atoms with E-state index in [1.165, 1.54) is 11.3 Å². The molecule has 26 heavy (non-hydrogen) atoms. The first-order chi connectivity index (χ1) is 12.4. The molecular weight excluding hydrogens is 370 g/mol. The molecule has 2 aromatic heterocycles. The fourth-order valence-electron chi connectivity index (χ4n) is 2.80. The maximum atomic E-state index is 13.2. The highest BCUT2D eigenvalue weighted by Gasteiger charge is 2.24. The Balaban J connectivity index is 1.97. The average Bonchev–Trinajstić information content (AvgIpc) is 3.14. The van der Waals surface area contributed by atoms with Gasteiger partial charge in [0.05, 0.1) is 15.4 Å². The van der Waals surface area contributed by atoms with E-state index < -0.39 is 0 Å². The Hall–Kier alpha value is -1.96. The van der Waals surface area contributed by atoms with E-state index in [0.717, 1.165) is 28.9 Å². The number of amides is 1. The fourth-order valence-corrected chi connectivity index (χ4v) is 4.09. The summed E-state index contributed by atoms with van der Waals surface area (Å²) in [6.45, 7) is 3.35. The van der Waals surface area contributed by atoms with Gasteiger partial charge in [0, 0.05) is 13.6 Å². The van der Waals surface area contributed by atoms with Crippen LogP contribution in [-0.2, 0) is 7.05 Å². The molecule has 0 aliphatic heterocycles. The molecule has 3 aromatic rings. The van der Waals surface area contributed by atoms with Crippen LogP contribution >= 0.6 is 22.9 Å². The minimum atomic E-state index is -0.0953. The van der Waals surface area contributed by atoms with Gasteiger partial charge in [0.2, 0.25) is 0 Å². The Kier molecular flexibility index (Phi) is 5.60. The molecule has 6 nitrogen and oxygen atoms in total. The third-order valence-corrected chi connectivity index (χ3v) is 5.39. The molecule has 0 unspecified atom stereocenters. The normalized spacial score (nSPS) is 11.5. The molecule has 0 N–H and O–H groups in total. The van der Waals surface area contributed by atoms with Gasteiger partial charge in [-0.2, -0.15) is 5.10 Å². The van der Waals surface area contributed by atoms with Gasteiger partial charge >= 0.3 is 0 Å². The number of nitrogens with zero attached hydrogens (tertiary/aromatic N) is 5. The third kappa shape index (κ3) is 3.90. The van der Waals surface area contributed by atoms with Crippen molar-refractivity contribution in [1.82, 2.24) is 19.7 Å². The van der Waals surface area contributed by atoms with Crippen molar-refractivity contribution in [2.24, 2.45) is 7.05 Å². The smallest absolute Gasteiger partial charge is 0.278 e. The van der Waals surface area contributed by atoms with E-state index in [4.69, 9.17) is 11.6 Å². The Labute approximate surface area is 162 Å². The number of aryl methyl sites for hydroxylation is 2. The van der Waals surface area contributed by atoms with Crippen molar-refractivity contribution in [2.75, 3.05) is 32.1 Å². The maximum absolute atomic E-state index is 13.2. The number of halogens is 1. The zero-order valence-corrected chi connectivity index (χ0v) is 16.9. The van der Waals surface area contributed by atoms with Crippen molar-refractivity contribution in [1.29, 1.82) is 0 Å². The van der Waals surface area contributed by atoms with Gasteiger partial charge < -0.3 is 4.90 Å². The molecule has 1 amide bonds. The number of rotatable bonds is 6. The van der Waals surface area contributed by atoms with Crippen molar-refractivity contribution in [3.63, 3.8) is 0 Å². The average molecular weight is 392 g/mol. The summed E-state index contributed by atoms with van der Waals surface area (Å²) in [5.74, 6) is -0.0953. The van der Waals surface area contributed by atoms with E-state index >= 15 is 0 Å². The van der Waals surface area contributed by atoms with Gasteiger partial charge in [0.25, 0.3) is 5.91 Å². The highest BCUT2D eigenvalue weighted by atomic mass is 35.5. The molecule has 0 saturated heterocycles. The first-order valence-electron chi connectivity index (χ1n) is 8.39. The molecule has 0 bridgehead atoms. The highest BCUT2D eigenvalue weighted by molar-refractivity contribution is 7.22. The second-order valence-electron chi connectivity index (χ2n) is 6.49. The molecule has 0 atom stereocenters. The van der Waals surface area contributed by atoms with Crippen LogP contribution < -0.4 is 4.90 Å². The standard InChI is InChI=1S/C18H22ClN5OS/c1-12-11-14(23(4)21-12)17(25)24(10-6-9-22(2)3)18-20-16-13(19)7-5-8-15(16)26-18/h5,7-8,11H,6,9-10H2,1-4H3. The van der Waals surface area contributed by atoms with Gasteiger partial charge in [-0.1, -0.05) is 29.0 Å². The summed E-state index contributed by atoms with van der Waals surface area (Å²) in [7, 11) is 5.83. The van der Waals surface area contributed by atoms with E-state index in [-0.39, 0.29) is 5.91 Å². The second-order valence-corrected chi connectivity index (χ2v) is 7.91. The summed E-state index contributed by atoms with van der Waals surface area (Å²) in [5, 5.41) is 5.56. The Morgan fingerprint density at radius 1 is 1.31 bits per heavy atom. The van der Waals surface area contributed by atoms with Gasteiger partial charge in [-0.05, 0) is 52.2 Å². The zero-order chi connectivity index (χ0) is 18.8. The number of anilines is 1. The number of fused-ring (bicyclic) bond motifs is 1. The van der Waals surface area contributed by atoms with Crippen LogP contribution in [0.3, 0.4) is 0 Å². The number of thiazole rings is 1. The van der Waals surface area contributed by atoms with E-state index in [0.29, 0.717) is 22.4 Å². The minimum Gasteiger partial charge on any atom is -0.309 e. The predicted octanol–water partition coefficient (Wildman–Crippen LogP) is 3.59. The quantitative estimate of drug-likeness (QED) is 0.644. The Bertz CT molecular complexity index is 933. The lowest BCUT2D eigenvalue weighted by molar-refractivity contribution is 0.0977. The lowest BCUT2D eigenvalue weighted by atomic mass is 10.3. The van der Waals surface area contributed by atoms with Crippen molar-refractivity contribution in [3.8, 4) is 0 Å². The van der Waals surface area contributed by atoms with Crippen LogP contribution in [0.25, 0.3) is 10.2 Å². The van der Waals surface area contributed by atoms with E-state index in [1.807, 2.05) is 45.3 Å². The van der Waals surface area contributed by atoms with Gasteiger partial charge in [-0.25, -0.2) is 4.98 Å². The van der Waals surface area contributed by atoms with Crippen molar-refractivity contribution in [3.05, 3.63) is 40.7 Å². The summed E-state index contributed by atoms with van der Waals surface area (Å²) in [5.41, 5.74) is 2.11. The molecule has 0 fully saturated rings. The lowest BCUT2D eigenvalue weighted by Gasteiger charge is -2.20. The first-order valence-corrected chi connectivity index (χ1v) is 9.58. The summed E-state index contributed by atoms with van der Waals surface area (Å²) in [4.78, 5) is 21.7. The van der Waals surface area contributed by atoms with Crippen LogP contribution in [0.5, 0.6) is 0 Å². The van der Waals surface area contributed by atoms with Crippen molar-refractivity contribution < 1.29 is 4.79 Å². The molecule has 0 spiro atoms. The molecular formula is C18H22ClN5OS. The number of para-hydroxylation sites is 1. The van der Waals surface area contributed by atoms with E-state index in [9.17, 15) is 4.79 Å². The van der Waals surface area contributed by atoms with E-state index in [1.54, 1.807) is 16.6 Å². The van der Waals surface area contributed by atoms with Crippen molar-refractivity contribution >= 4 is 44.2 Å². The van der Waals surface area contributed by atoms with Gasteiger partial charge in [0.1, 0.15) is 11.2 Å². The SMILES string of the molecule is Cc1cc(C(=O)N(CCCN(C)C)c2nc3c(Cl)cccc3s2)n(C)n1. The van der Waals surface area contributed by atoms with Crippen LogP contribution in [0.1, 0.15) is 22.6 Å². The lowest BCUT2D eigenvalue weighted by Crippen LogP contribution is -2.34. The maximum Gasteiger partial charge on any atom is 0.278 e. The number of hydrogen-bond donors (Lipinski definition) is 0. The van der Waals surface area contributed by atoms with Crippen LogP contribution in [0, 0.1) is 6.92 Å². The number of carbonyl (C=O) groups is 1. The van der Waals surface area contributed by atoms with Crippen LogP contribution in [0.4, 0.5) is 5.13 Å². The predicted molar refractivity (Wildman–Crippen MR) is 107 cm³/mol. The number of benzene rings is 1. The van der Waals surface area contributed by atoms with Gasteiger partial charge in [-0.3, -0.25) is 14.4 Å². The zero-order valence-electron chi connectivity index (χ0n) is 15.4. The topological polar surface area (TPSA) is 54.3 Å². The molecule has 0 radical (unpaired) electrons. The molecule has 8 heteroatoms. The summed E-state index contributed by atoms with van der Waals surface area (Å²) in [6, 6.07) is 7.49. The monoisotopic (exact) mass is 391 g/mol. The van der Waals surface area contributed by atoms with Gasteiger partial charge in [0.15, 0.2) is 5.13 Å². The summed E-state index contributed by atoms with van der Waals surface area (Å²) in [6.07, 6.45) is 0.846. The first kappa shape index (κ1) is 18.8. The molecule has 0 aliphatic carbocycles. The fraction of sp³-hybridized carbons (Fsp3) is 0.389. The molecule has 138 valence electrons. The summed E-state index contributed by atoms with van der Waals surface area (Å²) < 4.78 is 2.59. The van der Waals surface area contributed by atoms with Crippen LogP contribution in [0.2, 0.25) is 5.02 Å². The molecule has 2 heterocycles. The number of carbonyl (C=O) groups excluding carboxylic acids is 1. The molecule has 1 aromatic carbocycles. The Morgan fingerprint density at radius 2 is 2.08 bits per heavy atom. The highest BCUT2D eigenvalue weighted by Crippen LogP contribution is 2.33. The largest absolute Gasteiger partial charge is 0.309 e. The molecule has 0 saturated carbocycles. The number of aromatic nitrogens is 3. The van der Waals surface area contributed by atoms with Crippen LogP contribution in [0.15, 0.2) is 24.3 Å². The van der Waals surface area contributed by atoms with Gasteiger partial charge in [-0.15, -0.1) is 0 Å². The molecule has 0 aliphatic rings. The number of hydrogen-bond acceptors (Lipinski definition) is 5. The minimum absolute atomic E-state index is 0.0953. The van der Waals surface area contributed by atoms with Crippen LogP contribution in [-0.4, -0.2) is 52.8 Å². The third-order valence-electron chi connectivity index (χ3n) is 4.04.